The number of aliphatic imine (C=N–C) groups is 1. The van der Waals surface area contributed by atoms with Gasteiger partial charge >= 0.3 is 6.03 Å². The molecule has 0 spiro atoms. The van der Waals surface area contributed by atoms with E-state index in [9.17, 15) is 4.79 Å². The molecule has 0 radical (unpaired) electrons. The number of anilines is 2. The summed E-state index contributed by atoms with van der Waals surface area (Å²) in [5.41, 5.74) is 10.2. The molecule has 0 atom stereocenters. The Bertz CT molecular complexity index is 1210. The summed E-state index contributed by atoms with van der Waals surface area (Å²) in [7, 11) is 1.99. The molecule has 0 saturated heterocycles. The van der Waals surface area contributed by atoms with E-state index < -0.39 is 0 Å². The molecule has 7 nitrogen and oxygen atoms in total. The quantitative estimate of drug-likeness (QED) is 0.348. The number of carbonyl (C=O) groups is 1. The Morgan fingerprint density at radius 2 is 1.83 bits per heavy atom. The SMILES string of the molecule is Cn1ccc2cc(NC(=O)Nc3cncc(CN=C(N)c4ccccc4)c3)ccc21. The third-order valence-electron chi connectivity index (χ3n) is 4.70. The van der Waals surface area contributed by atoms with E-state index >= 15 is 0 Å². The van der Waals surface area contributed by atoms with Crippen LogP contribution in [0, 0.1) is 0 Å². The first-order valence-corrected chi connectivity index (χ1v) is 9.51. The van der Waals surface area contributed by atoms with Crippen molar-refractivity contribution in [2.75, 3.05) is 10.6 Å². The van der Waals surface area contributed by atoms with Crippen molar-refractivity contribution in [1.29, 1.82) is 0 Å². The zero-order chi connectivity index (χ0) is 20.9. The van der Waals surface area contributed by atoms with Gasteiger partial charge in [-0.2, -0.15) is 0 Å². The molecule has 2 aromatic heterocycles. The van der Waals surface area contributed by atoms with E-state index in [1.165, 1.54) is 0 Å². The van der Waals surface area contributed by atoms with E-state index in [1.807, 2.05) is 78.5 Å². The van der Waals surface area contributed by atoms with Gasteiger partial charge in [-0.05, 0) is 35.9 Å². The van der Waals surface area contributed by atoms with E-state index in [0.29, 0.717) is 18.1 Å². The number of aromatic nitrogens is 2. The molecule has 4 aromatic rings. The average Bonchev–Trinajstić information content (AvgIpc) is 3.13. The maximum Gasteiger partial charge on any atom is 0.323 e. The maximum absolute atomic E-state index is 12.4. The molecule has 2 amide bonds. The molecule has 0 fully saturated rings. The maximum atomic E-state index is 12.4. The number of nitrogens with two attached hydrogens (primary N) is 1. The Hall–Kier alpha value is -4.13. The molecule has 2 heterocycles. The fourth-order valence-electron chi connectivity index (χ4n) is 3.17. The standard InChI is InChI=1S/C23H22N6O/c1-29-10-9-18-12-19(7-8-21(18)29)27-23(30)28-20-11-16(13-25-15-20)14-26-22(24)17-5-3-2-4-6-17/h2-13,15H,14H2,1H3,(H2,24,26)(H2,27,28,30). The van der Waals surface area contributed by atoms with Crippen molar-refractivity contribution in [3.63, 3.8) is 0 Å². The Morgan fingerprint density at radius 3 is 2.67 bits per heavy atom. The van der Waals surface area contributed by atoms with Crippen LogP contribution in [0.5, 0.6) is 0 Å². The molecule has 30 heavy (non-hydrogen) atoms. The summed E-state index contributed by atoms with van der Waals surface area (Å²) in [4.78, 5) is 21.0. The van der Waals surface area contributed by atoms with Crippen LogP contribution in [0.25, 0.3) is 10.9 Å². The van der Waals surface area contributed by atoms with Gasteiger partial charge < -0.3 is 20.9 Å². The molecule has 0 saturated carbocycles. The Balaban J connectivity index is 1.40. The third-order valence-corrected chi connectivity index (χ3v) is 4.70. The van der Waals surface area contributed by atoms with E-state index in [0.717, 1.165) is 27.7 Å². The molecule has 0 aliphatic carbocycles. The predicted molar refractivity (Wildman–Crippen MR) is 121 cm³/mol. The number of fused-ring (bicyclic) bond motifs is 1. The van der Waals surface area contributed by atoms with Gasteiger partial charge in [0.25, 0.3) is 0 Å². The van der Waals surface area contributed by atoms with Crippen LogP contribution < -0.4 is 16.4 Å². The lowest BCUT2D eigenvalue weighted by Crippen LogP contribution is -2.19. The smallest absolute Gasteiger partial charge is 0.323 e. The van der Waals surface area contributed by atoms with Gasteiger partial charge in [0.15, 0.2) is 0 Å². The van der Waals surface area contributed by atoms with Gasteiger partial charge in [-0.25, -0.2) is 4.79 Å². The largest absolute Gasteiger partial charge is 0.383 e. The lowest BCUT2D eigenvalue weighted by Gasteiger charge is -2.09. The summed E-state index contributed by atoms with van der Waals surface area (Å²) in [6, 6.07) is 18.9. The molecular weight excluding hydrogens is 376 g/mol. The van der Waals surface area contributed by atoms with E-state index in [2.05, 4.69) is 20.6 Å². The second-order valence-corrected chi connectivity index (χ2v) is 6.93. The number of nitrogens with one attached hydrogen (secondary N) is 2. The molecule has 150 valence electrons. The molecular formula is C23H22N6O. The Kier molecular flexibility index (Phi) is 5.43. The number of benzene rings is 2. The van der Waals surface area contributed by atoms with Crippen LogP contribution in [-0.2, 0) is 13.6 Å². The fraction of sp³-hybridized carbons (Fsp3) is 0.0870. The summed E-state index contributed by atoms with van der Waals surface area (Å²) in [6.07, 6.45) is 5.28. The lowest BCUT2D eigenvalue weighted by molar-refractivity contribution is 0.262. The number of urea groups is 1. The lowest BCUT2D eigenvalue weighted by atomic mass is 10.2. The first-order valence-electron chi connectivity index (χ1n) is 9.51. The molecule has 4 N–H and O–H groups in total. The number of aryl methyl sites for hydroxylation is 1. The highest BCUT2D eigenvalue weighted by Crippen LogP contribution is 2.20. The van der Waals surface area contributed by atoms with Crippen molar-refractivity contribution >= 4 is 34.1 Å². The highest BCUT2D eigenvalue weighted by molar-refractivity contribution is 6.01. The minimum Gasteiger partial charge on any atom is -0.383 e. The van der Waals surface area contributed by atoms with Gasteiger partial charge in [0.1, 0.15) is 5.84 Å². The monoisotopic (exact) mass is 398 g/mol. The van der Waals surface area contributed by atoms with Gasteiger partial charge in [0, 0.05) is 41.6 Å². The summed E-state index contributed by atoms with van der Waals surface area (Å²) in [5.74, 6) is 0.461. The number of hydrogen-bond acceptors (Lipinski definition) is 3. The highest BCUT2D eigenvalue weighted by atomic mass is 16.2. The number of rotatable bonds is 5. The number of pyridine rings is 1. The fourth-order valence-corrected chi connectivity index (χ4v) is 3.17. The van der Waals surface area contributed by atoms with Gasteiger partial charge in [-0.1, -0.05) is 30.3 Å². The van der Waals surface area contributed by atoms with Gasteiger partial charge in [-0.15, -0.1) is 0 Å². The zero-order valence-electron chi connectivity index (χ0n) is 16.5. The van der Waals surface area contributed by atoms with E-state index in [-0.39, 0.29) is 6.03 Å². The van der Waals surface area contributed by atoms with Crippen LogP contribution in [0.1, 0.15) is 11.1 Å². The second-order valence-electron chi connectivity index (χ2n) is 6.93. The Morgan fingerprint density at radius 1 is 1.03 bits per heavy atom. The Labute approximate surface area is 174 Å². The van der Waals surface area contributed by atoms with Crippen molar-refractivity contribution in [3.05, 3.63) is 90.4 Å². The van der Waals surface area contributed by atoms with E-state index in [1.54, 1.807) is 12.4 Å². The summed E-state index contributed by atoms with van der Waals surface area (Å²) in [5, 5.41) is 6.72. The molecule has 0 aliphatic heterocycles. The second kappa shape index (κ2) is 8.48. The first kappa shape index (κ1) is 19.2. The minimum absolute atomic E-state index is 0.337. The van der Waals surface area contributed by atoms with Crippen LogP contribution in [-0.4, -0.2) is 21.4 Å². The number of amides is 2. The minimum atomic E-state index is -0.337. The van der Waals surface area contributed by atoms with Crippen LogP contribution in [0.2, 0.25) is 0 Å². The normalized spacial score (nSPS) is 11.4. The molecule has 7 heteroatoms. The summed E-state index contributed by atoms with van der Waals surface area (Å²) >= 11 is 0. The van der Waals surface area contributed by atoms with Crippen molar-refractivity contribution < 1.29 is 4.79 Å². The van der Waals surface area contributed by atoms with Crippen molar-refractivity contribution in [2.45, 2.75) is 6.54 Å². The molecule has 4 rings (SSSR count). The molecule has 0 unspecified atom stereocenters. The summed E-state index contributed by atoms with van der Waals surface area (Å²) in [6.45, 7) is 0.371. The third kappa shape index (κ3) is 4.47. The molecule has 2 aromatic carbocycles. The highest BCUT2D eigenvalue weighted by Gasteiger charge is 2.06. The number of nitrogens with zero attached hydrogens (tertiary/aromatic N) is 3. The van der Waals surface area contributed by atoms with Crippen molar-refractivity contribution in [2.24, 2.45) is 17.8 Å². The topological polar surface area (TPSA) is 97.3 Å². The van der Waals surface area contributed by atoms with Crippen LogP contribution >= 0.6 is 0 Å². The van der Waals surface area contributed by atoms with Gasteiger partial charge in [-0.3, -0.25) is 9.98 Å². The van der Waals surface area contributed by atoms with Crippen LogP contribution in [0.15, 0.2) is 84.2 Å². The summed E-state index contributed by atoms with van der Waals surface area (Å²) < 4.78 is 2.03. The predicted octanol–water partition coefficient (Wildman–Crippen LogP) is 4.12. The van der Waals surface area contributed by atoms with Crippen LogP contribution in [0.4, 0.5) is 16.2 Å². The number of amidine groups is 1. The van der Waals surface area contributed by atoms with E-state index in [4.69, 9.17) is 5.73 Å². The number of hydrogen-bond donors (Lipinski definition) is 3. The van der Waals surface area contributed by atoms with Gasteiger partial charge in [0.05, 0.1) is 18.4 Å². The van der Waals surface area contributed by atoms with Gasteiger partial charge in [0.2, 0.25) is 0 Å². The zero-order valence-corrected chi connectivity index (χ0v) is 16.5. The van der Waals surface area contributed by atoms with Crippen molar-refractivity contribution in [3.8, 4) is 0 Å². The number of carbonyl (C=O) groups excluding carboxylic acids is 1. The molecule has 0 aliphatic rings. The molecule has 0 bridgehead atoms. The van der Waals surface area contributed by atoms with Crippen LogP contribution in [0.3, 0.4) is 0 Å². The average molecular weight is 398 g/mol. The van der Waals surface area contributed by atoms with Crippen molar-refractivity contribution in [1.82, 2.24) is 9.55 Å². The first-order chi connectivity index (χ1) is 14.6.